The molecule has 2 saturated carbocycles. The molecule has 0 unspecified atom stereocenters. The minimum Gasteiger partial charge on any atom is -0.395 e. The molecule has 4 heterocycles. The zero-order valence-electron chi connectivity index (χ0n) is 98.5. The van der Waals surface area contributed by atoms with E-state index < -0.39 is 18.3 Å². The summed E-state index contributed by atoms with van der Waals surface area (Å²) in [5.41, 5.74) is 3.81. The maximum atomic E-state index is 11.5. The number of piperidine rings is 1. The molecule has 0 atom stereocenters. The summed E-state index contributed by atoms with van der Waals surface area (Å²) in [5, 5.41) is 45.8. The van der Waals surface area contributed by atoms with Gasteiger partial charge in [-0.25, -0.2) is 11.9 Å². The number of likely N-dealkylation sites (N-methyl/N-ethyl adjacent to an activating group) is 1. The van der Waals surface area contributed by atoms with Crippen molar-refractivity contribution in [2.24, 2.45) is 0 Å². The quantitative estimate of drug-likeness (QED) is 0.0928. The van der Waals surface area contributed by atoms with Gasteiger partial charge in [-0.05, 0) is 452 Å². The van der Waals surface area contributed by atoms with Crippen LogP contribution in [0, 0.1) is 6.57 Å². The predicted octanol–water partition coefficient (Wildman–Crippen LogP) is 22.1. The number of hydrogen-bond acceptors (Lipinski definition) is 19. The average molecular weight is 1870 g/mol. The molecule has 4 saturated heterocycles. The number of halogens is 3. The fourth-order valence-electron chi connectivity index (χ4n) is 12.1. The second-order valence-electron chi connectivity index (χ2n) is 52.9. The van der Waals surface area contributed by atoms with Gasteiger partial charge in [0, 0.05) is 159 Å². The van der Waals surface area contributed by atoms with Gasteiger partial charge in [-0.3, -0.25) is 29.3 Å². The normalized spacial score (nSPS) is 17.0. The van der Waals surface area contributed by atoms with Crippen LogP contribution in [0.25, 0.3) is 4.85 Å². The predicted molar refractivity (Wildman–Crippen MR) is 577 cm³/mol. The van der Waals surface area contributed by atoms with Crippen molar-refractivity contribution in [2.45, 2.75) is 537 Å². The Morgan fingerprint density at radius 2 is 0.700 bits per heavy atom. The highest BCUT2D eigenvalue weighted by molar-refractivity contribution is 4.89. The Hall–Kier alpha value is -1.48. The molecular weight excluding hydrogens is 1630 g/mol. The highest BCUT2D eigenvalue weighted by atomic mass is 19.4. The van der Waals surface area contributed by atoms with Crippen LogP contribution in [-0.2, 0) is 4.74 Å². The summed E-state index contributed by atoms with van der Waals surface area (Å²) in [6.45, 7) is 133. The molecule has 6 aliphatic rings. The number of piperazine rings is 1. The first-order chi connectivity index (χ1) is 57.5. The van der Waals surface area contributed by atoms with Crippen LogP contribution in [0.1, 0.15) is 424 Å². The summed E-state index contributed by atoms with van der Waals surface area (Å²) in [7, 11) is 10.3. The van der Waals surface area contributed by atoms with Crippen LogP contribution in [0.15, 0.2) is 0 Å². The molecule has 0 aromatic heterocycles. The molecule has 0 aromatic carbocycles. The van der Waals surface area contributed by atoms with Gasteiger partial charge < -0.3 is 67.3 Å². The standard InChI is InChI=1S/2C9H19N.C8H18N2.C8H17NO.C8H17N.C8H19N.C7H17NO.C7H15N.2C7H17N.C6H12F3N.C6H12N2.C6H15NO.C6H15N.C5H13N/c1-9(2,3)10-7-5-4-6-8-10;1-9(2,3)10-8-6-4-5-7-8;1-8(2,3)10-6-4-9-5-7-10;1-8(2,3)9-4-6-10-7-5-9;1-8(2,3)9-6-4-5-7-9;1-7(2,3)9-8(4,5)6;1-7(2,3)8(4)5-6-9;1-7(2,3)8-6-4-5-6;1-6-8(5)7(2,3)4;1-6(2)8-7(3,4)5;1-5(2,3)10-4-6(7,8)9;1-6(2,3)8-5-7-4;1-6(2,3)7-4-5-8;1-6(2,3)7(4)5;1-5(2,3)6-4/h4-8H2,1-3H3;8,10H,4-7H2,1-3H3;9H,4-7H2,1-3H3;4-7H2,1-3H3;4-7H2,1-3H3;9H,1-6H3;9H,5-6H2,1-4H3;6,8H,4-5H2,1-3H3;6H2,1-5H3;6,8H,1-5H3;10H,4H2,1-3H3;8H,5H2,1-3H3;7-8H,4-5H2,1-3H3;1-5H3;6H,1-4H3. The van der Waals surface area contributed by atoms with Crippen LogP contribution in [0.2, 0.25) is 0 Å². The molecule has 4 aliphatic heterocycles. The van der Waals surface area contributed by atoms with Gasteiger partial charge in [0.2, 0.25) is 0 Å². The summed E-state index contributed by atoms with van der Waals surface area (Å²) < 4.78 is 39.8. The third kappa shape index (κ3) is 123. The summed E-state index contributed by atoms with van der Waals surface area (Å²) >= 11 is 0. The number of nitrogens with zero attached hydrogens (tertiary/aromatic N) is 8. The lowest BCUT2D eigenvalue weighted by Gasteiger charge is -2.38. The SMILES string of the molecule is CC(C)(C)N1CCCC1.CC(C)(C)N1CCCCC1.CC(C)(C)N1CCNCC1.CC(C)(C)N1CCOCC1.CC(C)(C)NC(C)(C)C.CC(C)(C)NC1CC1.CC(C)(C)NC1CCCC1.CC(C)(C)NCC(F)(F)F.CC(C)(C)NCCO.CC(C)NC(C)(C)C.CCN(C)C(C)(C)C.CN(C)C(C)(C)C.CN(CCO)C(C)(C)C.CNC(C)(C)C.[C-]#[N+]CNC(C)(C)C. The third-order valence-corrected chi connectivity index (χ3v) is 20.6. The van der Waals surface area contributed by atoms with Gasteiger partial charge >= 0.3 is 6.18 Å². The minimum absolute atomic E-state index is 0.0878. The number of nitrogens with one attached hydrogen (secondary N) is 9. The fourth-order valence-corrected chi connectivity index (χ4v) is 12.1. The van der Waals surface area contributed by atoms with Crippen LogP contribution < -0.4 is 47.9 Å². The van der Waals surface area contributed by atoms with E-state index in [9.17, 15) is 13.2 Å². The molecule has 0 radical (unpaired) electrons. The lowest BCUT2D eigenvalue weighted by molar-refractivity contribution is -0.127. The summed E-state index contributed by atoms with van der Waals surface area (Å²) in [6.07, 6.45) is 11.3. The number of likely N-dealkylation sites (tertiary alicyclic amines) is 2. The second kappa shape index (κ2) is 69.4. The van der Waals surface area contributed by atoms with Crippen molar-refractivity contribution >= 4 is 0 Å². The van der Waals surface area contributed by atoms with Crippen molar-refractivity contribution in [3.63, 3.8) is 0 Å². The number of hydrogen-bond donors (Lipinski definition) is 11. The number of morpholine rings is 1. The smallest absolute Gasteiger partial charge is 0.395 e. The number of β-amino-alcohol motifs (C(OH)–C–C–N with tert-alkyl or cyclic N) is 2. The fraction of sp³-hybridized carbons (Fsp3) is 0.991. The summed E-state index contributed by atoms with van der Waals surface area (Å²) in [4.78, 5) is 19.9. The number of rotatable bonds is 10. The number of aliphatic hydroxyl groups is 2. The van der Waals surface area contributed by atoms with Crippen molar-refractivity contribution in [1.82, 2.24) is 82.2 Å². The molecule has 11 N–H and O–H groups in total. The Kier molecular flexibility index (Phi) is 78.1. The first kappa shape index (κ1) is 146. The van der Waals surface area contributed by atoms with E-state index in [0.29, 0.717) is 69.1 Å². The van der Waals surface area contributed by atoms with E-state index in [2.05, 4.69) is 420 Å². The highest BCUT2D eigenvalue weighted by Crippen LogP contribution is 2.25. The molecule has 20 nitrogen and oxygen atoms in total. The molecule has 6 fully saturated rings. The van der Waals surface area contributed by atoms with Crippen LogP contribution in [0.4, 0.5) is 13.2 Å². The van der Waals surface area contributed by atoms with Crippen LogP contribution in [0.5, 0.6) is 0 Å². The average Bonchev–Trinajstić information content (AvgIpc) is 1.28. The van der Waals surface area contributed by atoms with Gasteiger partial charge in [0.25, 0.3) is 6.67 Å². The Balaban J connectivity index is -0.000000173. The summed E-state index contributed by atoms with van der Waals surface area (Å²) in [5.74, 6) is 0. The molecule has 130 heavy (non-hydrogen) atoms. The molecule has 0 bridgehead atoms. The van der Waals surface area contributed by atoms with Crippen molar-refractivity contribution < 1.29 is 28.1 Å². The van der Waals surface area contributed by atoms with Crippen molar-refractivity contribution in [3.05, 3.63) is 11.4 Å². The zero-order valence-corrected chi connectivity index (χ0v) is 98.5. The maximum Gasteiger partial charge on any atom is 0.401 e. The van der Waals surface area contributed by atoms with Gasteiger partial charge in [0.05, 0.1) is 33.0 Å². The maximum absolute atomic E-state index is 11.5. The van der Waals surface area contributed by atoms with Gasteiger partial charge in [0.1, 0.15) is 0 Å². The lowest BCUT2D eigenvalue weighted by atomic mass is 10.0. The Bertz CT molecular complexity index is 2460. The molecule has 794 valence electrons. The van der Waals surface area contributed by atoms with Crippen molar-refractivity contribution in [2.75, 3.05) is 160 Å². The first-order valence-corrected chi connectivity index (χ1v) is 50.6. The van der Waals surface area contributed by atoms with E-state index in [0.717, 1.165) is 64.6 Å². The first-order valence-electron chi connectivity index (χ1n) is 50.6. The Labute approximate surface area is 814 Å². The van der Waals surface area contributed by atoms with Gasteiger partial charge in [0.15, 0.2) is 0 Å². The van der Waals surface area contributed by atoms with Crippen LogP contribution >= 0.6 is 0 Å². The zero-order chi connectivity index (χ0) is 105. The molecule has 0 spiro atoms. The van der Waals surface area contributed by atoms with E-state index in [-0.39, 0.29) is 46.4 Å². The van der Waals surface area contributed by atoms with E-state index in [1.165, 1.54) is 110 Å². The highest BCUT2D eigenvalue weighted by Gasteiger charge is 2.31. The lowest BCUT2D eigenvalue weighted by Crippen LogP contribution is -2.51. The number of alkyl halides is 3. The molecule has 0 aromatic rings. The van der Waals surface area contributed by atoms with Gasteiger partial charge in [-0.1, -0.05) is 40.0 Å². The summed E-state index contributed by atoms with van der Waals surface area (Å²) in [6, 6.07) is 2.24. The monoisotopic (exact) mass is 1870 g/mol. The number of aliphatic hydroxyl groups excluding tert-OH is 2. The topological polar surface area (TPSA) is 185 Å². The van der Waals surface area contributed by atoms with Crippen LogP contribution in [-0.4, -0.2) is 317 Å². The Morgan fingerprint density at radius 1 is 0.392 bits per heavy atom. The van der Waals surface area contributed by atoms with E-state index in [4.69, 9.17) is 21.5 Å². The largest absolute Gasteiger partial charge is 0.401 e. The molecular formula is C107H242F3N17O3. The minimum atomic E-state index is -4.10. The molecule has 6 rings (SSSR count). The molecule has 23 heteroatoms. The van der Waals surface area contributed by atoms with Gasteiger partial charge in [-0.15, -0.1) is 0 Å². The van der Waals surface area contributed by atoms with Crippen molar-refractivity contribution in [3.8, 4) is 0 Å². The van der Waals surface area contributed by atoms with Crippen molar-refractivity contribution in [1.29, 1.82) is 0 Å². The third-order valence-electron chi connectivity index (χ3n) is 20.6. The molecule has 0 amide bonds. The van der Waals surface area contributed by atoms with Gasteiger partial charge in [-0.2, -0.15) is 13.2 Å². The van der Waals surface area contributed by atoms with E-state index >= 15 is 0 Å². The number of ether oxygens (including phenoxy) is 1. The van der Waals surface area contributed by atoms with E-state index in [1.807, 2.05) is 34.9 Å². The second-order valence-corrected chi connectivity index (χ2v) is 52.9. The molecule has 2 aliphatic carbocycles. The van der Waals surface area contributed by atoms with Crippen LogP contribution in [0.3, 0.4) is 0 Å². The Morgan fingerprint density at radius 3 is 0.846 bits per heavy atom. The van der Waals surface area contributed by atoms with E-state index in [1.54, 1.807) is 20.8 Å².